The SMILES string of the molecule is CC(=O)OC(C)(C)C.CC(C)C(NC(=O)CCN1C(=O)C=CC1=O)C(=O)NCC(=O)Nc1ccc(C[NH+]2CCCCC2)cc1. The number of benzene rings is 1. The minimum absolute atomic E-state index is 0.0660. The van der Waals surface area contributed by atoms with Gasteiger partial charge >= 0.3 is 5.97 Å². The van der Waals surface area contributed by atoms with Crippen molar-refractivity contribution in [2.75, 3.05) is 31.5 Å². The minimum Gasteiger partial charge on any atom is -0.460 e. The van der Waals surface area contributed by atoms with Crippen LogP contribution in [0.2, 0.25) is 0 Å². The van der Waals surface area contributed by atoms with E-state index in [0.29, 0.717) is 5.69 Å². The second-order valence-electron chi connectivity index (χ2n) is 12.4. The zero-order valence-electron chi connectivity index (χ0n) is 26.8. The summed E-state index contributed by atoms with van der Waals surface area (Å²) in [5.74, 6) is -2.70. The third-order valence-corrected chi connectivity index (χ3v) is 6.85. The molecule has 0 aliphatic carbocycles. The fourth-order valence-electron chi connectivity index (χ4n) is 4.78. The molecule has 0 bridgehead atoms. The lowest BCUT2D eigenvalue weighted by atomic mass is 10.0. The lowest BCUT2D eigenvalue weighted by Gasteiger charge is -2.23. The van der Waals surface area contributed by atoms with Gasteiger partial charge in [0.15, 0.2) is 0 Å². The van der Waals surface area contributed by atoms with Gasteiger partial charge in [-0.1, -0.05) is 26.0 Å². The molecular formula is C32H48N5O7+. The first-order chi connectivity index (χ1) is 20.6. The number of carbonyl (C=O) groups excluding carboxylic acids is 6. The van der Waals surface area contributed by atoms with E-state index in [1.807, 2.05) is 45.0 Å². The first-order valence-corrected chi connectivity index (χ1v) is 15.2. The van der Waals surface area contributed by atoms with E-state index in [9.17, 15) is 28.8 Å². The Morgan fingerprint density at radius 1 is 0.932 bits per heavy atom. The lowest BCUT2D eigenvalue weighted by Crippen LogP contribution is -3.11. The van der Waals surface area contributed by atoms with Crippen LogP contribution in [0.5, 0.6) is 0 Å². The normalized spacial score (nSPS) is 15.8. The van der Waals surface area contributed by atoms with Crippen molar-refractivity contribution in [2.24, 2.45) is 5.92 Å². The van der Waals surface area contributed by atoms with E-state index >= 15 is 0 Å². The number of piperidine rings is 1. The molecule has 1 saturated heterocycles. The number of hydrogen-bond acceptors (Lipinski definition) is 7. The van der Waals surface area contributed by atoms with Gasteiger partial charge in [-0.25, -0.2) is 0 Å². The molecule has 1 fully saturated rings. The second kappa shape index (κ2) is 17.3. The van der Waals surface area contributed by atoms with E-state index in [1.54, 1.807) is 18.7 Å². The predicted molar refractivity (Wildman–Crippen MR) is 165 cm³/mol. The van der Waals surface area contributed by atoms with Crippen LogP contribution in [-0.2, 0) is 40.0 Å². The number of rotatable bonds is 11. The van der Waals surface area contributed by atoms with Crippen molar-refractivity contribution >= 4 is 41.2 Å². The van der Waals surface area contributed by atoms with Crippen LogP contribution in [0.15, 0.2) is 36.4 Å². The summed E-state index contributed by atoms with van der Waals surface area (Å²) >= 11 is 0. The van der Waals surface area contributed by atoms with Gasteiger partial charge in [0, 0.05) is 43.3 Å². The largest absolute Gasteiger partial charge is 0.460 e. The number of anilines is 1. The minimum atomic E-state index is -0.857. The summed E-state index contributed by atoms with van der Waals surface area (Å²) < 4.78 is 4.80. The molecule has 0 saturated carbocycles. The van der Waals surface area contributed by atoms with Gasteiger partial charge in [-0.15, -0.1) is 0 Å². The fourth-order valence-corrected chi connectivity index (χ4v) is 4.78. The highest BCUT2D eigenvalue weighted by atomic mass is 16.6. The number of esters is 1. The average Bonchev–Trinajstić information content (AvgIpc) is 3.26. The highest BCUT2D eigenvalue weighted by Gasteiger charge is 2.27. The first-order valence-electron chi connectivity index (χ1n) is 15.2. The zero-order valence-corrected chi connectivity index (χ0v) is 26.8. The van der Waals surface area contributed by atoms with Crippen molar-refractivity contribution < 1.29 is 38.4 Å². The van der Waals surface area contributed by atoms with Gasteiger partial charge in [0.25, 0.3) is 11.8 Å². The first kappa shape index (κ1) is 36.1. The molecule has 2 aliphatic heterocycles. The van der Waals surface area contributed by atoms with E-state index < -0.39 is 29.7 Å². The number of hydrogen-bond donors (Lipinski definition) is 4. The van der Waals surface area contributed by atoms with Crippen molar-refractivity contribution in [1.82, 2.24) is 15.5 Å². The number of quaternary nitrogens is 1. The Labute approximate surface area is 259 Å². The molecule has 12 heteroatoms. The molecule has 5 amide bonds. The summed E-state index contributed by atoms with van der Waals surface area (Å²) in [6.45, 7) is 13.6. The standard InChI is InChI=1S/C26H35N5O5.C6H12O2/c1-18(2)25(29-21(32)12-15-31-23(34)10-11-24(31)35)26(36)27-16-22(33)28-20-8-6-19(7-9-20)17-30-13-4-3-5-14-30;1-5(7)8-6(2,3)4/h6-11,18,25H,3-5,12-17H2,1-2H3,(H,27,36)(H,28,33)(H,29,32);1-4H3/p+1. The summed E-state index contributed by atoms with van der Waals surface area (Å²) in [5, 5.41) is 7.97. The van der Waals surface area contributed by atoms with E-state index in [4.69, 9.17) is 4.74 Å². The van der Waals surface area contributed by atoms with Gasteiger partial charge in [-0.2, -0.15) is 0 Å². The van der Waals surface area contributed by atoms with Crippen LogP contribution in [-0.4, -0.2) is 78.2 Å². The molecular weight excluding hydrogens is 566 g/mol. The Bertz CT molecular complexity index is 1180. The number of likely N-dealkylation sites (tertiary alicyclic amines) is 1. The van der Waals surface area contributed by atoms with Gasteiger partial charge in [0.2, 0.25) is 17.7 Å². The van der Waals surface area contributed by atoms with Gasteiger partial charge in [-0.3, -0.25) is 33.7 Å². The van der Waals surface area contributed by atoms with Crippen LogP contribution in [0.1, 0.15) is 72.8 Å². The molecule has 1 atom stereocenters. The van der Waals surface area contributed by atoms with Gasteiger partial charge in [0.1, 0.15) is 18.2 Å². The topological polar surface area (TPSA) is 155 Å². The molecule has 12 nitrogen and oxygen atoms in total. The van der Waals surface area contributed by atoms with E-state index in [0.717, 1.165) is 23.6 Å². The van der Waals surface area contributed by atoms with Crippen LogP contribution in [0.3, 0.4) is 0 Å². The number of amides is 5. The van der Waals surface area contributed by atoms with E-state index in [2.05, 4.69) is 16.0 Å². The molecule has 2 aliphatic rings. The van der Waals surface area contributed by atoms with Crippen molar-refractivity contribution in [3.8, 4) is 0 Å². The highest BCUT2D eigenvalue weighted by Crippen LogP contribution is 2.10. The second-order valence-corrected chi connectivity index (χ2v) is 12.4. The maximum absolute atomic E-state index is 12.6. The molecule has 4 N–H and O–H groups in total. The van der Waals surface area contributed by atoms with Crippen molar-refractivity contribution in [1.29, 1.82) is 0 Å². The van der Waals surface area contributed by atoms with Crippen molar-refractivity contribution in [2.45, 2.75) is 85.4 Å². The average molecular weight is 615 g/mol. The van der Waals surface area contributed by atoms with E-state index in [1.165, 1.54) is 44.8 Å². The Hall–Kier alpha value is -4.06. The maximum atomic E-state index is 12.6. The van der Waals surface area contributed by atoms with Crippen LogP contribution >= 0.6 is 0 Å². The lowest BCUT2D eigenvalue weighted by molar-refractivity contribution is -0.918. The van der Waals surface area contributed by atoms with Gasteiger partial charge < -0.3 is 25.6 Å². The van der Waals surface area contributed by atoms with Crippen LogP contribution in [0.25, 0.3) is 0 Å². The Morgan fingerprint density at radius 2 is 1.52 bits per heavy atom. The molecule has 0 aromatic heterocycles. The summed E-state index contributed by atoms with van der Waals surface area (Å²) in [7, 11) is 0. The smallest absolute Gasteiger partial charge is 0.303 e. The number of ether oxygens (including phenoxy) is 1. The number of nitrogens with zero attached hydrogens (tertiary/aromatic N) is 1. The molecule has 0 spiro atoms. The molecule has 0 radical (unpaired) electrons. The van der Waals surface area contributed by atoms with Crippen LogP contribution in [0, 0.1) is 5.92 Å². The predicted octanol–water partition coefficient (Wildman–Crippen LogP) is 1.11. The Morgan fingerprint density at radius 3 is 2.02 bits per heavy atom. The highest BCUT2D eigenvalue weighted by molar-refractivity contribution is 6.13. The zero-order chi connectivity index (χ0) is 32.9. The number of imide groups is 1. The quantitative estimate of drug-likeness (QED) is 0.215. The van der Waals surface area contributed by atoms with Crippen molar-refractivity contribution in [3.63, 3.8) is 0 Å². The number of nitrogens with one attached hydrogen (secondary N) is 4. The van der Waals surface area contributed by atoms with Crippen molar-refractivity contribution in [3.05, 3.63) is 42.0 Å². The molecule has 44 heavy (non-hydrogen) atoms. The molecule has 1 aromatic carbocycles. The molecule has 3 rings (SSSR count). The summed E-state index contributed by atoms with van der Waals surface area (Å²) in [6, 6.07) is 6.89. The third-order valence-electron chi connectivity index (χ3n) is 6.85. The Balaban J connectivity index is 0.000000742. The molecule has 242 valence electrons. The van der Waals surface area contributed by atoms with Crippen LogP contribution < -0.4 is 20.9 Å². The summed E-state index contributed by atoms with van der Waals surface area (Å²) in [4.78, 5) is 73.3. The molecule has 1 unspecified atom stereocenters. The third kappa shape index (κ3) is 13.5. The van der Waals surface area contributed by atoms with E-state index in [-0.39, 0.29) is 42.9 Å². The van der Waals surface area contributed by atoms with Crippen LogP contribution in [0.4, 0.5) is 5.69 Å². The fraction of sp³-hybridized carbons (Fsp3) is 0.562. The van der Waals surface area contributed by atoms with Gasteiger partial charge in [-0.05, 0) is 58.1 Å². The molecule has 1 aromatic rings. The maximum Gasteiger partial charge on any atom is 0.303 e. The molecule has 2 heterocycles. The Kier molecular flexibility index (Phi) is 14.2. The summed E-state index contributed by atoms with van der Waals surface area (Å²) in [5.41, 5.74) is 1.55. The summed E-state index contributed by atoms with van der Waals surface area (Å²) in [6.07, 6.45) is 6.05. The monoisotopic (exact) mass is 614 g/mol. The van der Waals surface area contributed by atoms with Gasteiger partial charge in [0.05, 0.1) is 19.6 Å². The number of carbonyl (C=O) groups is 6.